The Morgan fingerprint density at radius 2 is 2.16 bits per heavy atom. The van der Waals surface area contributed by atoms with E-state index in [4.69, 9.17) is 11.6 Å². The van der Waals surface area contributed by atoms with Crippen LogP contribution in [0.5, 0.6) is 0 Å². The van der Waals surface area contributed by atoms with Crippen molar-refractivity contribution in [2.24, 2.45) is 0 Å². The van der Waals surface area contributed by atoms with Gasteiger partial charge in [-0.3, -0.25) is 4.90 Å². The molecular formula is C15H17ClN2S. The van der Waals surface area contributed by atoms with Gasteiger partial charge in [-0.1, -0.05) is 29.8 Å². The Balaban J connectivity index is 1.55. The van der Waals surface area contributed by atoms with Gasteiger partial charge in [-0.2, -0.15) is 0 Å². The van der Waals surface area contributed by atoms with Crippen LogP contribution in [-0.2, 0) is 13.0 Å². The van der Waals surface area contributed by atoms with Gasteiger partial charge >= 0.3 is 0 Å². The molecule has 1 aliphatic heterocycles. The number of hydrogen-bond acceptors (Lipinski definition) is 3. The smallest absolute Gasteiger partial charge is 0.0931 e. The van der Waals surface area contributed by atoms with E-state index in [-0.39, 0.29) is 0 Å². The first kappa shape index (κ1) is 13.0. The number of nitrogens with one attached hydrogen (secondary N) is 1. The first-order valence-electron chi connectivity index (χ1n) is 6.48. The van der Waals surface area contributed by atoms with Crippen LogP contribution in [0.25, 0.3) is 0 Å². The predicted octanol–water partition coefficient (Wildman–Crippen LogP) is 3.87. The summed E-state index contributed by atoms with van der Waals surface area (Å²) in [6.45, 7) is 2.01. The van der Waals surface area contributed by atoms with Crippen LogP contribution in [-0.4, -0.2) is 24.5 Å². The summed E-state index contributed by atoms with van der Waals surface area (Å²) in [5.41, 5.74) is 2.72. The normalized spacial score (nSPS) is 17.5. The zero-order chi connectivity index (χ0) is 13.2. The third-order valence-electron chi connectivity index (χ3n) is 3.43. The number of likely N-dealkylation sites (N-methyl/N-ethyl adjacent to an activating group) is 1. The summed E-state index contributed by atoms with van der Waals surface area (Å²) < 4.78 is 0.870. The van der Waals surface area contributed by atoms with Gasteiger partial charge in [0, 0.05) is 29.7 Å². The highest BCUT2D eigenvalue weighted by Gasteiger charge is 2.21. The molecule has 1 aromatic carbocycles. The fourth-order valence-electron chi connectivity index (χ4n) is 2.63. The van der Waals surface area contributed by atoms with Crippen LogP contribution in [0.15, 0.2) is 36.4 Å². The minimum atomic E-state index is 0.512. The zero-order valence-electron chi connectivity index (χ0n) is 10.9. The van der Waals surface area contributed by atoms with E-state index in [0.29, 0.717) is 6.04 Å². The standard InChI is InChI=1S/C15H17ClN2S/c1-18(10-13-6-7-15(16)19-13)9-12-8-11-4-2-3-5-14(11)17-12/h2-7,12,17H,8-10H2,1H3. The van der Waals surface area contributed by atoms with E-state index in [1.807, 2.05) is 6.07 Å². The van der Waals surface area contributed by atoms with Crippen LogP contribution in [0.2, 0.25) is 4.34 Å². The van der Waals surface area contributed by atoms with E-state index in [9.17, 15) is 0 Å². The lowest BCUT2D eigenvalue weighted by Crippen LogP contribution is -2.32. The minimum Gasteiger partial charge on any atom is -0.380 e. The third-order valence-corrected chi connectivity index (χ3v) is 4.65. The summed E-state index contributed by atoms with van der Waals surface area (Å²) in [7, 11) is 2.16. The molecule has 4 heteroatoms. The molecular weight excluding hydrogens is 276 g/mol. The van der Waals surface area contributed by atoms with Gasteiger partial charge in [-0.25, -0.2) is 0 Å². The number of benzene rings is 1. The average Bonchev–Trinajstić information content (AvgIpc) is 2.94. The molecule has 0 bridgehead atoms. The second-order valence-corrected chi connectivity index (χ2v) is 6.90. The highest BCUT2D eigenvalue weighted by molar-refractivity contribution is 7.16. The molecule has 1 atom stereocenters. The van der Waals surface area contributed by atoms with E-state index < -0.39 is 0 Å². The third kappa shape index (κ3) is 3.11. The average molecular weight is 293 g/mol. The van der Waals surface area contributed by atoms with Gasteiger partial charge in [0.05, 0.1) is 4.34 Å². The maximum Gasteiger partial charge on any atom is 0.0931 e. The summed E-state index contributed by atoms with van der Waals surface area (Å²) in [5.74, 6) is 0. The Morgan fingerprint density at radius 3 is 2.89 bits per heavy atom. The molecule has 1 unspecified atom stereocenters. The van der Waals surface area contributed by atoms with Crippen LogP contribution in [0, 0.1) is 0 Å². The molecule has 3 rings (SSSR count). The van der Waals surface area contributed by atoms with Crippen molar-refractivity contribution in [2.45, 2.75) is 19.0 Å². The number of halogens is 1. The van der Waals surface area contributed by atoms with Crippen LogP contribution >= 0.6 is 22.9 Å². The number of fused-ring (bicyclic) bond motifs is 1. The van der Waals surface area contributed by atoms with Crippen LogP contribution < -0.4 is 5.32 Å². The molecule has 0 fully saturated rings. The molecule has 1 aromatic heterocycles. The van der Waals surface area contributed by atoms with E-state index in [2.05, 4.69) is 47.6 Å². The number of anilines is 1. The number of para-hydroxylation sites is 1. The van der Waals surface area contributed by atoms with E-state index in [1.165, 1.54) is 16.1 Å². The second kappa shape index (κ2) is 5.53. The van der Waals surface area contributed by atoms with Crippen molar-refractivity contribution in [3.8, 4) is 0 Å². The Bertz CT molecular complexity index is 542. The summed E-state index contributed by atoms with van der Waals surface area (Å²) in [4.78, 5) is 3.68. The maximum atomic E-state index is 5.96. The van der Waals surface area contributed by atoms with Gasteiger partial charge < -0.3 is 5.32 Å². The van der Waals surface area contributed by atoms with Crippen molar-refractivity contribution in [3.63, 3.8) is 0 Å². The Hall–Kier alpha value is -1.03. The van der Waals surface area contributed by atoms with Crippen molar-refractivity contribution in [1.29, 1.82) is 0 Å². The SMILES string of the molecule is CN(Cc1ccc(Cl)s1)CC1Cc2ccccc2N1. The number of rotatable bonds is 4. The van der Waals surface area contributed by atoms with Crippen molar-refractivity contribution in [2.75, 3.05) is 18.9 Å². The summed E-state index contributed by atoms with van der Waals surface area (Å²) in [5, 5.41) is 3.59. The zero-order valence-corrected chi connectivity index (χ0v) is 12.5. The largest absolute Gasteiger partial charge is 0.380 e. The van der Waals surface area contributed by atoms with Gasteiger partial charge in [0.15, 0.2) is 0 Å². The van der Waals surface area contributed by atoms with Gasteiger partial charge in [-0.15, -0.1) is 11.3 Å². The lowest BCUT2D eigenvalue weighted by molar-refractivity contribution is 0.315. The van der Waals surface area contributed by atoms with Gasteiger partial charge in [0.1, 0.15) is 0 Å². The molecule has 0 radical (unpaired) electrons. The molecule has 2 heterocycles. The summed E-state index contributed by atoms with van der Waals surface area (Å²) >= 11 is 7.63. The van der Waals surface area contributed by atoms with Crippen molar-refractivity contribution >= 4 is 28.6 Å². The lowest BCUT2D eigenvalue weighted by atomic mass is 10.1. The maximum absolute atomic E-state index is 5.96. The Morgan fingerprint density at radius 1 is 1.32 bits per heavy atom. The fourth-order valence-corrected chi connectivity index (χ4v) is 3.80. The molecule has 100 valence electrons. The summed E-state index contributed by atoms with van der Waals surface area (Å²) in [6, 6.07) is 13.2. The van der Waals surface area contributed by atoms with Crippen molar-refractivity contribution < 1.29 is 0 Å². The summed E-state index contributed by atoms with van der Waals surface area (Å²) in [6.07, 6.45) is 1.12. The van der Waals surface area contributed by atoms with E-state index in [0.717, 1.165) is 23.8 Å². The van der Waals surface area contributed by atoms with E-state index >= 15 is 0 Å². The number of nitrogens with zero attached hydrogens (tertiary/aromatic N) is 1. The lowest BCUT2D eigenvalue weighted by Gasteiger charge is -2.20. The molecule has 1 aliphatic rings. The van der Waals surface area contributed by atoms with Crippen molar-refractivity contribution in [1.82, 2.24) is 4.90 Å². The first-order valence-corrected chi connectivity index (χ1v) is 7.67. The molecule has 0 saturated carbocycles. The highest BCUT2D eigenvalue weighted by atomic mass is 35.5. The first-order chi connectivity index (χ1) is 9.20. The predicted molar refractivity (Wildman–Crippen MR) is 83.2 cm³/mol. The quantitative estimate of drug-likeness (QED) is 0.920. The fraction of sp³-hybridized carbons (Fsp3) is 0.333. The Labute approximate surface area is 123 Å². The second-order valence-electron chi connectivity index (χ2n) is 5.11. The molecule has 2 nitrogen and oxygen atoms in total. The molecule has 1 N–H and O–H groups in total. The molecule has 0 saturated heterocycles. The van der Waals surface area contributed by atoms with Crippen LogP contribution in [0.3, 0.4) is 0 Å². The number of hydrogen-bond donors (Lipinski definition) is 1. The van der Waals surface area contributed by atoms with Crippen LogP contribution in [0.1, 0.15) is 10.4 Å². The van der Waals surface area contributed by atoms with E-state index in [1.54, 1.807) is 11.3 Å². The minimum absolute atomic E-state index is 0.512. The monoisotopic (exact) mass is 292 g/mol. The van der Waals surface area contributed by atoms with Gasteiger partial charge in [0.25, 0.3) is 0 Å². The number of thiophene rings is 1. The Kier molecular flexibility index (Phi) is 3.78. The van der Waals surface area contributed by atoms with Gasteiger partial charge in [0.2, 0.25) is 0 Å². The molecule has 0 amide bonds. The molecule has 0 spiro atoms. The van der Waals surface area contributed by atoms with Gasteiger partial charge in [-0.05, 0) is 37.2 Å². The molecule has 19 heavy (non-hydrogen) atoms. The highest BCUT2D eigenvalue weighted by Crippen LogP contribution is 2.26. The molecule has 2 aromatic rings. The van der Waals surface area contributed by atoms with Crippen LogP contribution in [0.4, 0.5) is 5.69 Å². The molecule has 0 aliphatic carbocycles. The topological polar surface area (TPSA) is 15.3 Å². The van der Waals surface area contributed by atoms with Crippen molar-refractivity contribution in [3.05, 3.63) is 51.2 Å².